The van der Waals surface area contributed by atoms with Crippen molar-refractivity contribution < 1.29 is 53.6 Å². The van der Waals surface area contributed by atoms with Gasteiger partial charge >= 0.3 is 0 Å². The van der Waals surface area contributed by atoms with Gasteiger partial charge in [0, 0.05) is 32.5 Å². The SMILES string of the molecule is C#CCOC1C(O)CC(OCC)OC1C.C#CCOC1CC(C)OC(C)C1O.CCOC1CC(O)C(O)C(C)O1. The molecule has 3 aliphatic heterocycles. The van der Waals surface area contributed by atoms with Crippen molar-refractivity contribution in [2.75, 3.05) is 26.4 Å². The summed E-state index contributed by atoms with van der Waals surface area (Å²) in [5.41, 5.74) is 0. The van der Waals surface area contributed by atoms with Crippen LogP contribution in [0.2, 0.25) is 0 Å². The van der Waals surface area contributed by atoms with Crippen LogP contribution in [0.4, 0.5) is 0 Å². The number of ether oxygens (including phenoxy) is 7. The fourth-order valence-corrected chi connectivity index (χ4v) is 4.61. The van der Waals surface area contributed by atoms with Gasteiger partial charge in [0.25, 0.3) is 0 Å². The van der Waals surface area contributed by atoms with Crippen molar-refractivity contribution in [2.45, 2.75) is 134 Å². The molecule has 3 fully saturated rings. The van der Waals surface area contributed by atoms with Crippen LogP contribution in [0.5, 0.6) is 0 Å². The van der Waals surface area contributed by atoms with Gasteiger partial charge in [-0.3, -0.25) is 0 Å². The first-order chi connectivity index (χ1) is 19.0. The summed E-state index contributed by atoms with van der Waals surface area (Å²) in [4.78, 5) is 0. The average Bonchev–Trinajstić information content (AvgIpc) is 2.89. The highest BCUT2D eigenvalue weighted by molar-refractivity contribution is 4.88. The first kappa shape index (κ1) is 36.7. The predicted molar refractivity (Wildman–Crippen MR) is 147 cm³/mol. The lowest BCUT2D eigenvalue weighted by Gasteiger charge is -2.37. The molecule has 11 nitrogen and oxygen atoms in total. The van der Waals surface area contributed by atoms with Crippen molar-refractivity contribution in [3.8, 4) is 24.7 Å². The minimum Gasteiger partial charge on any atom is -0.390 e. The number of hydrogen-bond donors (Lipinski definition) is 4. The summed E-state index contributed by atoms with van der Waals surface area (Å²) in [7, 11) is 0. The molecule has 3 saturated heterocycles. The Morgan fingerprint density at radius 3 is 1.65 bits per heavy atom. The molecule has 0 aliphatic carbocycles. The van der Waals surface area contributed by atoms with Crippen LogP contribution in [0.15, 0.2) is 0 Å². The summed E-state index contributed by atoms with van der Waals surface area (Å²) in [6.07, 6.45) is 7.09. The zero-order valence-corrected chi connectivity index (χ0v) is 24.7. The van der Waals surface area contributed by atoms with Crippen molar-refractivity contribution in [2.24, 2.45) is 0 Å². The van der Waals surface area contributed by atoms with Gasteiger partial charge < -0.3 is 53.6 Å². The summed E-state index contributed by atoms with van der Waals surface area (Å²) in [6.45, 7) is 12.7. The van der Waals surface area contributed by atoms with Gasteiger partial charge in [0.2, 0.25) is 0 Å². The van der Waals surface area contributed by atoms with E-state index in [4.69, 9.17) is 46.0 Å². The zero-order chi connectivity index (χ0) is 30.2. The highest BCUT2D eigenvalue weighted by Gasteiger charge is 2.37. The lowest BCUT2D eigenvalue weighted by Crippen LogP contribution is -2.49. The Balaban J connectivity index is 0.000000302. The fraction of sp³-hybridized carbons (Fsp3) is 0.862. The van der Waals surface area contributed by atoms with Gasteiger partial charge in [0.05, 0.1) is 42.7 Å². The maximum Gasteiger partial charge on any atom is 0.160 e. The molecule has 3 rings (SSSR count). The molecule has 40 heavy (non-hydrogen) atoms. The molecule has 0 radical (unpaired) electrons. The van der Waals surface area contributed by atoms with Gasteiger partial charge in [0.1, 0.15) is 31.5 Å². The lowest BCUT2D eigenvalue weighted by atomic mass is 9.99. The summed E-state index contributed by atoms with van der Waals surface area (Å²) in [5, 5.41) is 38.1. The third-order valence-corrected chi connectivity index (χ3v) is 6.64. The van der Waals surface area contributed by atoms with Crippen molar-refractivity contribution >= 4 is 0 Å². The molecule has 3 heterocycles. The van der Waals surface area contributed by atoms with Crippen LogP contribution in [-0.2, 0) is 33.2 Å². The third kappa shape index (κ3) is 12.7. The highest BCUT2D eigenvalue weighted by Crippen LogP contribution is 2.24. The molecular weight excluding hydrogens is 524 g/mol. The monoisotopic (exact) mass is 574 g/mol. The van der Waals surface area contributed by atoms with Gasteiger partial charge in [-0.1, -0.05) is 11.8 Å². The Bertz CT molecular complexity index is 729. The summed E-state index contributed by atoms with van der Waals surface area (Å²) >= 11 is 0. The van der Waals surface area contributed by atoms with Gasteiger partial charge in [-0.05, 0) is 41.5 Å². The molecule has 0 aromatic rings. The molecule has 232 valence electrons. The molecule has 0 aromatic carbocycles. The highest BCUT2D eigenvalue weighted by atomic mass is 16.7. The van der Waals surface area contributed by atoms with E-state index in [0.717, 1.165) is 0 Å². The smallest absolute Gasteiger partial charge is 0.160 e. The Hall–Kier alpha value is -1.32. The number of hydrogen-bond acceptors (Lipinski definition) is 11. The number of terminal acetylenes is 2. The van der Waals surface area contributed by atoms with E-state index in [1.165, 1.54) is 0 Å². The molecular formula is C29H50O11. The molecule has 0 spiro atoms. The zero-order valence-electron chi connectivity index (χ0n) is 24.7. The summed E-state index contributed by atoms with van der Waals surface area (Å²) in [5.74, 6) is 4.76. The topological polar surface area (TPSA) is 146 Å². The number of aliphatic hydroxyl groups excluding tert-OH is 4. The molecule has 4 N–H and O–H groups in total. The van der Waals surface area contributed by atoms with Gasteiger partial charge in [0.15, 0.2) is 12.6 Å². The minimum atomic E-state index is -0.790. The van der Waals surface area contributed by atoms with E-state index in [1.807, 2.05) is 34.6 Å². The first-order valence-electron chi connectivity index (χ1n) is 14.0. The summed E-state index contributed by atoms with van der Waals surface area (Å²) in [6, 6.07) is 0. The number of rotatable bonds is 8. The normalized spacial score (nSPS) is 39.4. The fourth-order valence-electron chi connectivity index (χ4n) is 4.61. The van der Waals surface area contributed by atoms with Crippen LogP contribution in [0.25, 0.3) is 0 Å². The summed E-state index contributed by atoms with van der Waals surface area (Å²) < 4.78 is 37.3. The Morgan fingerprint density at radius 2 is 1.15 bits per heavy atom. The molecule has 11 heteroatoms. The van der Waals surface area contributed by atoms with Gasteiger partial charge in [-0.2, -0.15) is 0 Å². The van der Waals surface area contributed by atoms with Crippen LogP contribution in [0, 0.1) is 24.7 Å². The molecule has 0 amide bonds. The van der Waals surface area contributed by atoms with Crippen LogP contribution in [0.3, 0.4) is 0 Å². The number of aliphatic hydroxyl groups is 4. The quantitative estimate of drug-likeness (QED) is 0.308. The second-order valence-electron chi connectivity index (χ2n) is 9.96. The molecule has 0 aromatic heterocycles. The van der Waals surface area contributed by atoms with E-state index in [0.29, 0.717) is 32.5 Å². The van der Waals surface area contributed by atoms with E-state index in [9.17, 15) is 20.4 Å². The van der Waals surface area contributed by atoms with Gasteiger partial charge in [-0.25, -0.2) is 0 Å². The standard InChI is InChI=1S/C11H18O4.C10H16O3.C8H16O4/c1-4-6-14-11-8(3)15-10(13-5-2)7-9(11)12;1-4-5-12-9-6-7(2)13-8(3)10(9)11;1-3-11-7-4-6(9)8(10)5(2)12-7/h1,8-12H,5-7H2,2-3H3;1,7-11H,5-6H2,2-3H3;5-10H,3-4H2,1-2H3. The second kappa shape index (κ2) is 19.7. The average molecular weight is 575 g/mol. The van der Waals surface area contributed by atoms with E-state index in [-0.39, 0.29) is 62.4 Å². The van der Waals surface area contributed by atoms with Crippen LogP contribution in [-0.4, -0.2) is 120 Å². The van der Waals surface area contributed by atoms with Crippen molar-refractivity contribution in [1.29, 1.82) is 0 Å². The van der Waals surface area contributed by atoms with Crippen LogP contribution in [0.1, 0.15) is 60.8 Å². The largest absolute Gasteiger partial charge is 0.390 e. The molecule has 0 bridgehead atoms. The third-order valence-electron chi connectivity index (χ3n) is 6.64. The molecule has 0 saturated carbocycles. The van der Waals surface area contributed by atoms with E-state index < -0.39 is 24.4 Å². The lowest BCUT2D eigenvalue weighted by molar-refractivity contribution is -0.251. The first-order valence-corrected chi connectivity index (χ1v) is 14.0. The molecule has 12 unspecified atom stereocenters. The van der Waals surface area contributed by atoms with Gasteiger partial charge in [-0.15, -0.1) is 12.8 Å². The van der Waals surface area contributed by atoms with Crippen molar-refractivity contribution in [3.63, 3.8) is 0 Å². The van der Waals surface area contributed by atoms with Crippen molar-refractivity contribution in [3.05, 3.63) is 0 Å². The maximum absolute atomic E-state index is 9.81. The van der Waals surface area contributed by atoms with E-state index >= 15 is 0 Å². The Morgan fingerprint density at radius 1 is 0.650 bits per heavy atom. The second-order valence-corrected chi connectivity index (χ2v) is 9.96. The van der Waals surface area contributed by atoms with Crippen LogP contribution >= 0.6 is 0 Å². The van der Waals surface area contributed by atoms with Crippen LogP contribution < -0.4 is 0 Å². The molecule has 12 atom stereocenters. The van der Waals surface area contributed by atoms with E-state index in [1.54, 1.807) is 6.92 Å². The minimum absolute atomic E-state index is 0.126. The maximum atomic E-state index is 9.81. The Kier molecular flexibility index (Phi) is 18.1. The Labute approximate surface area is 239 Å². The predicted octanol–water partition coefficient (Wildman–Crippen LogP) is 0.980. The van der Waals surface area contributed by atoms with E-state index in [2.05, 4.69) is 11.8 Å². The van der Waals surface area contributed by atoms with Crippen molar-refractivity contribution in [1.82, 2.24) is 0 Å². The molecule has 3 aliphatic rings.